The summed E-state index contributed by atoms with van der Waals surface area (Å²) in [6.45, 7) is 5.04. The van der Waals surface area contributed by atoms with E-state index in [1.165, 1.54) is 4.57 Å². The number of carbonyl (C=O) groups is 3. The van der Waals surface area contributed by atoms with Gasteiger partial charge in [-0.3, -0.25) is 14.4 Å². The first-order chi connectivity index (χ1) is 20.7. The molecule has 0 spiro atoms. The van der Waals surface area contributed by atoms with Crippen molar-refractivity contribution >= 4 is 28.6 Å². The Morgan fingerprint density at radius 1 is 1.00 bits per heavy atom. The summed E-state index contributed by atoms with van der Waals surface area (Å²) < 4.78 is 41.0. The third-order valence-corrected chi connectivity index (χ3v) is 8.73. The predicted octanol–water partition coefficient (Wildman–Crippen LogP) is 3.24. The minimum Gasteiger partial charge on any atom is -0.488 e. The van der Waals surface area contributed by atoms with Gasteiger partial charge >= 0.3 is 0 Å². The van der Waals surface area contributed by atoms with Gasteiger partial charge in [-0.15, -0.1) is 0 Å². The molecule has 1 saturated carbocycles. The van der Waals surface area contributed by atoms with Gasteiger partial charge < -0.3 is 34.3 Å². The first-order valence-electron chi connectivity index (χ1n) is 15.3. The van der Waals surface area contributed by atoms with E-state index in [0.29, 0.717) is 25.0 Å². The van der Waals surface area contributed by atoms with E-state index in [1.807, 2.05) is 13.8 Å². The van der Waals surface area contributed by atoms with Crippen LogP contribution in [0.2, 0.25) is 0 Å². The number of aliphatic hydroxyl groups excluding tert-OH is 1. The van der Waals surface area contributed by atoms with Crippen molar-refractivity contribution in [2.45, 2.75) is 58.4 Å². The van der Waals surface area contributed by atoms with Crippen LogP contribution in [0.1, 0.15) is 62.9 Å². The van der Waals surface area contributed by atoms with Crippen LogP contribution in [0.4, 0.5) is 8.78 Å². The third kappa shape index (κ3) is 7.46. The Kier molecular flexibility index (Phi) is 11.4. The Balaban J connectivity index is 1.50. The van der Waals surface area contributed by atoms with Gasteiger partial charge in [0.25, 0.3) is 5.91 Å². The van der Waals surface area contributed by atoms with Gasteiger partial charge in [-0.2, -0.15) is 0 Å². The maximum absolute atomic E-state index is 14.2. The molecule has 43 heavy (non-hydrogen) atoms. The van der Waals surface area contributed by atoms with Gasteiger partial charge in [0, 0.05) is 50.6 Å². The van der Waals surface area contributed by atoms with Gasteiger partial charge in [-0.1, -0.05) is 33.1 Å². The molecule has 0 bridgehead atoms. The molecule has 2 aromatic rings. The van der Waals surface area contributed by atoms with Crippen molar-refractivity contribution < 1.29 is 37.7 Å². The van der Waals surface area contributed by atoms with E-state index < -0.39 is 17.7 Å². The average molecular weight is 607 g/mol. The predicted molar refractivity (Wildman–Crippen MR) is 157 cm³/mol. The lowest BCUT2D eigenvalue weighted by Gasteiger charge is -2.39. The third-order valence-electron chi connectivity index (χ3n) is 8.73. The summed E-state index contributed by atoms with van der Waals surface area (Å²) >= 11 is 0. The van der Waals surface area contributed by atoms with Crippen molar-refractivity contribution in [3.8, 4) is 5.75 Å². The lowest BCUT2D eigenvalue weighted by Crippen LogP contribution is -2.58. The molecule has 2 atom stereocenters. The first-order valence-corrected chi connectivity index (χ1v) is 15.3. The van der Waals surface area contributed by atoms with Crippen molar-refractivity contribution in [3.05, 3.63) is 29.5 Å². The largest absolute Gasteiger partial charge is 0.488 e. The molecule has 2 fully saturated rings. The number of nitrogens with one attached hydrogen (secondary N) is 1. The molecule has 3 amide bonds. The van der Waals surface area contributed by atoms with Crippen molar-refractivity contribution in [2.75, 3.05) is 52.6 Å². The zero-order valence-corrected chi connectivity index (χ0v) is 25.4. The van der Waals surface area contributed by atoms with E-state index in [9.17, 15) is 23.2 Å². The smallest absolute Gasteiger partial charge is 0.274 e. The number of hydrogen-bond acceptors (Lipinski definition) is 6. The number of amides is 3. The zero-order chi connectivity index (χ0) is 31.1. The Hall–Kier alpha value is -3.25. The number of halogens is 2. The molecule has 2 N–H and O–H groups in total. The fourth-order valence-electron chi connectivity index (χ4n) is 5.96. The number of aromatic nitrogens is 1. The number of rotatable bonds is 12. The standard InChI is InChI=1S/C31H44F2N4O6/c1-4-20(2)29(39)34-26(21-8-6-5-7-9-21)30(40)36-10-12-37(13-11-36)31(41)27-28(43-17-16-42-15-14-38)22-18-23(32)24(33)19-25(22)35(27)3/h18-21,26,38H,4-17H2,1-3H3,(H,34,39)/t20-,26+/m1/s1. The normalized spacial score (nSPS) is 17.6. The van der Waals surface area contributed by atoms with Crippen LogP contribution >= 0.6 is 0 Å². The summed E-state index contributed by atoms with van der Waals surface area (Å²) in [6.07, 6.45) is 5.68. The molecule has 238 valence electrons. The van der Waals surface area contributed by atoms with E-state index in [2.05, 4.69) is 5.32 Å². The van der Waals surface area contributed by atoms with Crippen molar-refractivity contribution in [1.82, 2.24) is 19.7 Å². The van der Waals surface area contributed by atoms with E-state index >= 15 is 0 Å². The second-order valence-corrected chi connectivity index (χ2v) is 11.5. The van der Waals surface area contributed by atoms with Gasteiger partial charge in [-0.05, 0) is 31.2 Å². The Labute approximate surface area is 251 Å². The van der Waals surface area contributed by atoms with Gasteiger partial charge in [0.1, 0.15) is 12.6 Å². The van der Waals surface area contributed by atoms with Crippen molar-refractivity contribution in [1.29, 1.82) is 0 Å². The number of aryl methyl sites for hydroxylation is 1. The molecule has 10 nitrogen and oxygen atoms in total. The summed E-state index contributed by atoms with van der Waals surface area (Å²) in [5, 5.41) is 12.2. The Bertz CT molecular complexity index is 1290. The SMILES string of the molecule is CC[C@@H](C)C(=O)N[C@H](C(=O)N1CCN(C(=O)c2c(OCCOCCO)c3cc(F)c(F)cc3n2C)CC1)C1CCCCC1. The molecule has 1 aliphatic carbocycles. The summed E-state index contributed by atoms with van der Waals surface area (Å²) in [5.41, 5.74) is 0.442. The van der Waals surface area contributed by atoms with Crippen molar-refractivity contribution in [2.24, 2.45) is 18.9 Å². The summed E-state index contributed by atoms with van der Waals surface area (Å²) in [5.74, 6) is -2.68. The van der Waals surface area contributed by atoms with Crippen LogP contribution in [-0.2, 0) is 21.4 Å². The van der Waals surface area contributed by atoms with E-state index in [1.54, 1.807) is 16.8 Å². The number of piperazine rings is 1. The molecule has 1 aromatic carbocycles. The molecule has 2 heterocycles. The van der Waals surface area contributed by atoms with Crippen LogP contribution in [0, 0.1) is 23.5 Å². The van der Waals surface area contributed by atoms with Crippen LogP contribution in [0.15, 0.2) is 12.1 Å². The number of nitrogens with zero attached hydrogens (tertiary/aromatic N) is 3. The topological polar surface area (TPSA) is 113 Å². The van der Waals surface area contributed by atoms with E-state index in [0.717, 1.165) is 44.2 Å². The molecule has 0 radical (unpaired) electrons. The number of aliphatic hydroxyl groups is 1. The maximum Gasteiger partial charge on any atom is 0.274 e. The number of carbonyl (C=O) groups excluding carboxylic acids is 3. The Morgan fingerprint density at radius 3 is 2.30 bits per heavy atom. The lowest BCUT2D eigenvalue weighted by atomic mass is 9.83. The van der Waals surface area contributed by atoms with Crippen LogP contribution < -0.4 is 10.1 Å². The second-order valence-electron chi connectivity index (χ2n) is 11.5. The number of hydrogen-bond donors (Lipinski definition) is 2. The first kappa shape index (κ1) is 32.7. The molecule has 2 aliphatic rings. The highest BCUT2D eigenvalue weighted by molar-refractivity contribution is 6.04. The number of benzene rings is 1. The molecular formula is C31H44F2N4O6. The number of fused-ring (bicyclic) bond motifs is 1. The zero-order valence-electron chi connectivity index (χ0n) is 25.4. The highest BCUT2D eigenvalue weighted by Gasteiger charge is 2.37. The monoisotopic (exact) mass is 606 g/mol. The lowest BCUT2D eigenvalue weighted by molar-refractivity contribution is -0.140. The molecule has 12 heteroatoms. The molecule has 1 saturated heterocycles. The minimum atomic E-state index is -1.06. The van der Waals surface area contributed by atoms with E-state index in [4.69, 9.17) is 14.6 Å². The molecular weight excluding hydrogens is 562 g/mol. The molecule has 1 aliphatic heterocycles. The van der Waals surface area contributed by atoms with Gasteiger partial charge in [0.2, 0.25) is 11.8 Å². The second kappa shape index (κ2) is 15.0. The fraction of sp³-hybridized carbons (Fsp3) is 0.645. The highest BCUT2D eigenvalue weighted by atomic mass is 19.2. The summed E-state index contributed by atoms with van der Waals surface area (Å²) in [7, 11) is 1.59. The fourth-order valence-corrected chi connectivity index (χ4v) is 5.96. The Morgan fingerprint density at radius 2 is 1.65 bits per heavy atom. The maximum atomic E-state index is 14.2. The van der Waals surface area contributed by atoms with Crippen molar-refractivity contribution in [3.63, 3.8) is 0 Å². The summed E-state index contributed by atoms with van der Waals surface area (Å²) in [6, 6.07) is 1.47. The van der Waals surface area contributed by atoms with Crippen LogP contribution in [0.25, 0.3) is 10.9 Å². The van der Waals surface area contributed by atoms with Crippen LogP contribution in [0.5, 0.6) is 5.75 Å². The van der Waals surface area contributed by atoms with Gasteiger partial charge in [0.05, 0.1) is 25.3 Å². The van der Waals surface area contributed by atoms with E-state index in [-0.39, 0.29) is 85.9 Å². The number of ether oxygens (including phenoxy) is 2. The van der Waals surface area contributed by atoms with Crippen LogP contribution in [-0.4, -0.2) is 95.8 Å². The molecule has 1 aromatic heterocycles. The molecule has 0 unspecified atom stereocenters. The molecule has 4 rings (SSSR count). The quantitative estimate of drug-likeness (QED) is 0.359. The minimum absolute atomic E-state index is 0.0333. The van der Waals surface area contributed by atoms with Gasteiger partial charge in [0.15, 0.2) is 23.1 Å². The summed E-state index contributed by atoms with van der Waals surface area (Å²) in [4.78, 5) is 43.7. The van der Waals surface area contributed by atoms with Crippen LogP contribution in [0.3, 0.4) is 0 Å². The van der Waals surface area contributed by atoms with Gasteiger partial charge in [-0.25, -0.2) is 8.78 Å². The average Bonchev–Trinajstić information content (AvgIpc) is 3.28. The highest BCUT2D eigenvalue weighted by Crippen LogP contribution is 2.35.